The van der Waals surface area contributed by atoms with Crippen molar-refractivity contribution in [2.24, 2.45) is 23.2 Å². The van der Waals surface area contributed by atoms with Crippen molar-refractivity contribution in [3.63, 3.8) is 0 Å². The number of hydrogen-bond acceptors (Lipinski definition) is 1. The van der Waals surface area contributed by atoms with E-state index < -0.39 is 0 Å². The molecule has 0 aliphatic heterocycles. The van der Waals surface area contributed by atoms with E-state index >= 15 is 0 Å². The highest BCUT2D eigenvalue weighted by molar-refractivity contribution is 5.94. The van der Waals surface area contributed by atoms with Gasteiger partial charge in [-0.15, -0.1) is 0 Å². The third kappa shape index (κ3) is 2.41. The topological polar surface area (TPSA) is 17.1 Å². The SMILES string of the molecule is CC(=O)C1=C(C)C2CC(C1)C(C)CCCC2(C)C. The third-order valence-corrected chi connectivity index (χ3v) is 5.66. The molecular formula is C17H28O. The molecule has 1 nitrogen and oxygen atoms in total. The third-order valence-electron chi connectivity index (χ3n) is 5.66. The number of carbonyl (C=O) groups excluding carboxylic acids is 1. The van der Waals surface area contributed by atoms with Crippen molar-refractivity contribution in [2.75, 3.05) is 0 Å². The van der Waals surface area contributed by atoms with E-state index in [0.29, 0.717) is 17.1 Å². The Hall–Kier alpha value is -0.590. The summed E-state index contributed by atoms with van der Waals surface area (Å²) in [6.07, 6.45) is 6.33. The van der Waals surface area contributed by atoms with E-state index in [4.69, 9.17) is 0 Å². The first-order valence-corrected chi connectivity index (χ1v) is 7.53. The Morgan fingerprint density at radius 1 is 1.33 bits per heavy atom. The molecule has 1 heteroatoms. The molecule has 0 heterocycles. The molecule has 2 bridgehead atoms. The number of fused-ring (bicyclic) bond motifs is 2. The largest absolute Gasteiger partial charge is 0.295 e. The van der Waals surface area contributed by atoms with Crippen LogP contribution in [0.5, 0.6) is 0 Å². The van der Waals surface area contributed by atoms with Crippen LogP contribution >= 0.6 is 0 Å². The van der Waals surface area contributed by atoms with Crippen molar-refractivity contribution in [3.05, 3.63) is 11.1 Å². The molecule has 1 fully saturated rings. The fourth-order valence-corrected chi connectivity index (χ4v) is 4.25. The monoisotopic (exact) mass is 248 g/mol. The predicted molar refractivity (Wildman–Crippen MR) is 76.4 cm³/mol. The second-order valence-corrected chi connectivity index (χ2v) is 7.33. The van der Waals surface area contributed by atoms with Gasteiger partial charge in [0.15, 0.2) is 5.78 Å². The van der Waals surface area contributed by atoms with Crippen LogP contribution in [0.1, 0.15) is 66.7 Å². The molecule has 0 amide bonds. The standard InChI is InChI=1S/C17H28O/c1-11-7-6-8-17(4,5)16-10-14(11)9-15(12(16)2)13(3)18/h11,14,16H,6-10H2,1-5H3. The molecule has 0 aromatic rings. The molecule has 0 aromatic heterocycles. The minimum atomic E-state index is 0.311. The summed E-state index contributed by atoms with van der Waals surface area (Å²) in [6.45, 7) is 11.2. The Labute approximate surface area is 112 Å². The van der Waals surface area contributed by atoms with Crippen LogP contribution in [0.25, 0.3) is 0 Å². The quantitative estimate of drug-likeness (QED) is 0.653. The minimum Gasteiger partial charge on any atom is -0.295 e. The van der Waals surface area contributed by atoms with Crippen LogP contribution in [0.4, 0.5) is 0 Å². The molecule has 0 aromatic carbocycles. The zero-order chi connectivity index (χ0) is 13.5. The van der Waals surface area contributed by atoms with Crippen molar-refractivity contribution in [2.45, 2.75) is 66.7 Å². The summed E-state index contributed by atoms with van der Waals surface area (Å²) in [5.74, 6) is 2.45. The molecule has 3 unspecified atom stereocenters. The summed E-state index contributed by atoms with van der Waals surface area (Å²) in [5, 5.41) is 0. The molecule has 102 valence electrons. The zero-order valence-electron chi connectivity index (χ0n) is 12.7. The fraction of sp³-hybridized carbons (Fsp3) is 0.824. The van der Waals surface area contributed by atoms with Gasteiger partial charge in [-0.2, -0.15) is 0 Å². The highest BCUT2D eigenvalue weighted by atomic mass is 16.1. The Kier molecular flexibility index (Phi) is 3.71. The van der Waals surface area contributed by atoms with Gasteiger partial charge in [0.2, 0.25) is 0 Å². The van der Waals surface area contributed by atoms with Gasteiger partial charge in [-0.25, -0.2) is 0 Å². The van der Waals surface area contributed by atoms with Crippen LogP contribution < -0.4 is 0 Å². The fourth-order valence-electron chi connectivity index (χ4n) is 4.25. The van der Waals surface area contributed by atoms with Crippen LogP contribution in [-0.2, 0) is 4.79 Å². The average Bonchev–Trinajstić information content (AvgIpc) is 2.26. The highest BCUT2D eigenvalue weighted by Gasteiger charge is 2.40. The second kappa shape index (κ2) is 4.83. The van der Waals surface area contributed by atoms with Crippen LogP contribution in [0.2, 0.25) is 0 Å². The smallest absolute Gasteiger partial charge is 0.155 e. The highest BCUT2D eigenvalue weighted by Crippen LogP contribution is 2.50. The number of Topliss-reactive ketones (excluding diaryl/α,β-unsaturated/α-hetero) is 1. The van der Waals surface area contributed by atoms with Gasteiger partial charge in [0.1, 0.15) is 0 Å². The molecule has 0 radical (unpaired) electrons. The molecule has 0 saturated heterocycles. The molecular weight excluding hydrogens is 220 g/mol. The Morgan fingerprint density at radius 3 is 2.61 bits per heavy atom. The maximum Gasteiger partial charge on any atom is 0.155 e. The molecule has 0 spiro atoms. The van der Waals surface area contributed by atoms with Crippen LogP contribution in [0.3, 0.4) is 0 Å². The first-order chi connectivity index (χ1) is 8.33. The molecule has 3 atom stereocenters. The van der Waals surface area contributed by atoms with Crippen molar-refractivity contribution >= 4 is 5.78 Å². The van der Waals surface area contributed by atoms with Gasteiger partial charge in [-0.05, 0) is 61.9 Å². The molecule has 2 aliphatic rings. The Morgan fingerprint density at radius 2 is 2.00 bits per heavy atom. The molecule has 1 saturated carbocycles. The molecule has 18 heavy (non-hydrogen) atoms. The number of carbonyl (C=O) groups is 1. The number of rotatable bonds is 1. The van der Waals surface area contributed by atoms with Gasteiger partial charge >= 0.3 is 0 Å². The van der Waals surface area contributed by atoms with E-state index in [1.54, 1.807) is 6.92 Å². The Bertz CT molecular complexity index is 375. The number of ketones is 1. The van der Waals surface area contributed by atoms with Crippen LogP contribution in [0, 0.1) is 23.2 Å². The van der Waals surface area contributed by atoms with Crippen LogP contribution in [-0.4, -0.2) is 5.78 Å². The van der Waals surface area contributed by atoms with Crippen LogP contribution in [0.15, 0.2) is 11.1 Å². The van der Waals surface area contributed by atoms with Crippen molar-refractivity contribution < 1.29 is 4.79 Å². The van der Waals surface area contributed by atoms with Crippen molar-refractivity contribution in [3.8, 4) is 0 Å². The van der Waals surface area contributed by atoms with E-state index in [0.717, 1.165) is 23.8 Å². The lowest BCUT2D eigenvalue weighted by atomic mass is 9.59. The van der Waals surface area contributed by atoms with Crippen molar-refractivity contribution in [1.82, 2.24) is 0 Å². The Balaban J connectivity index is 2.42. The summed E-state index contributed by atoms with van der Waals surface area (Å²) < 4.78 is 0. The summed E-state index contributed by atoms with van der Waals surface area (Å²) in [4.78, 5) is 11.9. The van der Waals surface area contributed by atoms with E-state index in [-0.39, 0.29) is 0 Å². The number of hydrogen-bond donors (Lipinski definition) is 0. The van der Waals surface area contributed by atoms with Gasteiger partial charge in [0, 0.05) is 0 Å². The number of allylic oxidation sites excluding steroid dienone is 2. The van der Waals surface area contributed by atoms with Gasteiger partial charge in [-0.1, -0.05) is 39.2 Å². The minimum absolute atomic E-state index is 0.311. The van der Waals surface area contributed by atoms with E-state index in [1.807, 2.05) is 0 Å². The lowest BCUT2D eigenvalue weighted by molar-refractivity contribution is -0.114. The first kappa shape index (κ1) is 13.8. The first-order valence-electron chi connectivity index (χ1n) is 7.53. The van der Waals surface area contributed by atoms with Crippen molar-refractivity contribution in [1.29, 1.82) is 0 Å². The molecule has 0 N–H and O–H groups in total. The predicted octanol–water partition coefficient (Wildman–Crippen LogP) is 4.76. The van der Waals surface area contributed by atoms with Gasteiger partial charge in [-0.3, -0.25) is 4.79 Å². The zero-order valence-corrected chi connectivity index (χ0v) is 12.7. The lowest BCUT2D eigenvalue weighted by Crippen LogP contribution is -2.36. The van der Waals surface area contributed by atoms with Gasteiger partial charge in [0.05, 0.1) is 0 Å². The maximum absolute atomic E-state index is 11.9. The van der Waals surface area contributed by atoms with E-state index in [2.05, 4.69) is 27.7 Å². The summed E-state index contributed by atoms with van der Waals surface area (Å²) >= 11 is 0. The van der Waals surface area contributed by atoms with Gasteiger partial charge in [0.25, 0.3) is 0 Å². The maximum atomic E-state index is 11.9. The summed E-state index contributed by atoms with van der Waals surface area (Å²) in [6, 6.07) is 0. The molecule has 2 aliphatic carbocycles. The lowest BCUT2D eigenvalue weighted by Gasteiger charge is -2.45. The normalized spacial score (nSPS) is 35.9. The van der Waals surface area contributed by atoms with E-state index in [9.17, 15) is 4.79 Å². The molecule has 2 rings (SSSR count). The van der Waals surface area contributed by atoms with E-state index in [1.165, 1.54) is 31.3 Å². The average molecular weight is 248 g/mol. The van der Waals surface area contributed by atoms with Gasteiger partial charge < -0.3 is 0 Å². The second-order valence-electron chi connectivity index (χ2n) is 7.33. The summed E-state index contributed by atoms with van der Waals surface area (Å²) in [5.41, 5.74) is 2.92. The summed E-state index contributed by atoms with van der Waals surface area (Å²) in [7, 11) is 0.